The highest BCUT2D eigenvalue weighted by Crippen LogP contribution is 2.33. The third-order valence-corrected chi connectivity index (χ3v) is 2.74. The van der Waals surface area contributed by atoms with E-state index in [0.717, 1.165) is 0 Å². The van der Waals surface area contributed by atoms with Crippen molar-refractivity contribution in [1.29, 1.82) is 0 Å². The lowest BCUT2D eigenvalue weighted by Crippen LogP contribution is -2.01. The molecule has 0 spiro atoms. The molecule has 0 saturated heterocycles. The topological polar surface area (TPSA) is 35.5 Å². The minimum absolute atomic E-state index is 0.170. The number of hydrogen-bond acceptors (Lipinski definition) is 3. The highest BCUT2D eigenvalue weighted by molar-refractivity contribution is 6.09. The van der Waals surface area contributed by atoms with Crippen molar-refractivity contribution in [3.63, 3.8) is 0 Å². The van der Waals surface area contributed by atoms with Gasteiger partial charge in [-0.1, -0.05) is 0 Å². The summed E-state index contributed by atoms with van der Waals surface area (Å²) < 4.78 is 23.2. The molecule has 4 heteroatoms. The molecule has 1 heterocycles. The number of rotatable bonds is 2. The number of halogens is 1. The fourth-order valence-electron chi connectivity index (χ4n) is 1.81. The van der Waals surface area contributed by atoms with E-state index in [1.54, 1.807) is 18.2 Å². The van der Waals surface area contributed by atoms with Gasteiger partial charge in [0.15, 0.2) is 17.3 Å². The number of ketones is 1. The summed E-state index contributed by atoms with van der Waals surface area (Å²) in [6.45, 7) is 0.170. The summed E-state index contributed by atoms with van der Waals surface area (Å²) >= 11 is 0. The SMILES string of the molecule is O=C(c1ccc(F)cc1)c1ccc2c(c1)OCO2. The van der Waals surface area contributed by atoms with Crippen LogP contribution in [0.15, 0.2) is 42.5 Å². The Balaban J connectivity index is 1.95. The van der Waals surface area contributed by atoms with Gasteiger partial charge < -0.3 is 9.47 Å². The average molecular weight is 244 g/mol. The minimum atomic E-state index is -0.364. The largest absolute Gasteiger partial charge is 0.454 e. The van der Waals surface area contributed by atoms with Gasteiger partial charge in [-0.2, -0.15) is 0 Å². The van der Waals surface area contributed by atoms with Gasteiger partial charge in [0.25, 0.3) is 0 Å². The fourth-order valence-corrected chi connectivity index (χ4v) is 1.81. The first-order valence-corrected chi connectivity index (χ1v) is 5.44. The van der Waals surface area contributed by atoms with E-state index in [1.807, 2.05) is 0 Å². The quantitative estimate of drug-likeness (QED) is 0.762. The maximum atomic E-state index is 12.8. The van der Waals surface area contributed by atoms with Crippen molar-refractivity contribution < 1.29 is 18.7 Å². The molecule has 90 valence electrons. The van der Waals surface area contributed by atoms with Gasteiger partial charge in [-0.15, -0.1) is 0 Å². The van der Waals surface area contributed by atoms with Crippen molar-refractivity contribution in [2.75, 3.05) is 6.79 Å². The predicted molar refractivity (Wildman–Crippen MR) is 62.4 cm³/mol. The third-order valence-electron chi connectivity index (χ3n) is 2.74. The van der Waals surface area contributed by atoms with Crippen LogP contribution in [0.25, 0.3) is 0 Å². The molecule has 0 fully saturated rings. The molecule has 1 aliphatic heterocycles. The van der Waals surface area contributed by atoms with Crippen LogP contribution in [0, 0.1) is 5.82 Å². The van der Waals surface area contributed by atoms with E-state index in [9.17, 15) is 9.18 Å². The number of ether oxygens (including phenoxy) is 2. The molecule has 1 aliphatic rings. The molecular weight excluding hydrogens is 235 g/mol. The highest BCUT2D eigenvalue weighted by atomic mass is 19.1. The number of hydrogen-bond donors (Lipinski definition) is 0. The van der Waals surface area contributed by atoms with Gasteiger partial charge in [-0.3, -0.25) is 4.79 Å². The van der Waals surface area contributed by atoms with Crippen LogP contribution in [-0.4, -0.2) is 12.6 Å². The summed E-state index contributed by atoms with van der Waals surface area (Å²) in [7, 11) is 0. The normalized spacial score (nSPS) is 12.5. The van der Waals surface area contributed by atoms with Crippen LogP contribution >= 0.6 is 0 Å². The van der Waals surface area contributed by atoms with Crippen molar-refractivity contribution in [2.24, 2.45) is 0 Å². The second-order valence-corrected chi connectivity index (χ2v) is 3.90. The van der Waals surface area contributed by atoms with Gasteiger partial charge in [0.2, 0.25) is 6.79 Å². The van der Waals surface area contributed by atoms with E-state index in [-0.39, 0.29) is 18.4 Å². The van der Waals surface area contributed by atoms with Crippen molar-refractivity contribution in [3.05, 3.63) is 59.4 Å². The highest BCUT2D eigenvalue weighted by Gasteiger charge is 2.17. The Hall–Kier alpha value is -2.36. The van der Waals surface area contributed by atoms with Gasteiger partial charge in [-0.05, 0) is 42.5 Å². The first kappa shape index (κ1) is 10.8. The molecule has 0 bridgehead atoms. The van der Waals surface area contributed by atoms with Crippen LogP contribution in [0.1, 0.15) is 15.9 Å². The van der Waals surface area contributed by atoms with Crippen LogP contribution in [0.5, 0.6) is 11.5 Å². The summed E-state index contributed by atoms with van der Waals surface area (Å²) in [6.07, 6.45) is 0. The van der Waals surface area contributed by atoms with Crippen LogP contribution in [-0.2, 0) is 0 Å². The molecule has 18 heavy (non-hydrogen) atoms. The van der Waals surface area contributed by atoms with E-state index in [4.69, 9.17) is 9.47 Å². The molecule has 0 unspecified atom stereocenters. The van der Waals surface area contributed by atoms with Crippen LogP contribution < -0.4 is 9.47 Å². The fraction of sp³-hybridized carbons (Fsp3) is 0.0714. The van der Waals surface area contributed by atoms with Crippen LogP contribution in [0.2, 0.25) is 0 Å². The van der Waals surface area contributed by atoms with Gasteiger partial charge >= 0.3 is 0 Å². The van der Waals surface area contributed by atoms with E-state index in [2.05, 4.69) is 0 Å². The standard InChI is InChI=1S/C14H9FO3/c15-11-4-1-9(2-5-11)14(16)10-3-6-12-13(7-10)18-8-17-12/h1-7H,8H2. The van der Waals surface area contributed by atoms with Crippen molar-refractivity contribution in [3.8, 4) is 11.5 Å². The Kier molecular flexibility index (Phi) is 2.48. The number of carbonyl (C=O) groups is 1. The van der Waals surface area contributed by atoms with E-state index >= 15 is 0 Å². The monoisotopic (exact) mass is 244 g/mol. The van der Waals surface area contributed by atoms with Crippen molar-refractivity contribution in [2.45, 2.75) is 0 Å². The summed E-state index contributed by atoms with van der Waals surface area (Å²) in [5, 5.41) is 0. The second kappa shape index (κ2) is 4.14. The average Bonchev–Trinajstić information content (AvgIpc) is 2.86. The molecule has 0 N–H and O–H groups in total. The third kappa shape index (κ3) is 1.82. The maximum absolute atomic E-state index is 12.8. The molecule has 0 radical (unpaired) electrons. The summed E-state index contributed by atoms with van der Waals surface area (Å²) in [5.41, 5.74) is 0.932. The first-order valence-electron chi connectivity index (χ1n) is 5.44. The van der Waals surface area contributed by atoms with Gasteiger partial charge in [0.05, 0.1) is 0 Å². The lowest BCUT2D eigenvalue weighted by Gasteiger charge is -2.02. The molecule has 0 saturated carbocycles. The molecule has 2 aromatic carbocycles. The van der Waals surface area contributed by atoms with Gasteiger partial charge in [0, 0.05) is 11.1 Å². The predicted octanol–water partition coefficient (Wildman–Crippen LogP) is 2.79. The van der Waals surface area contributed by atoms with Crippen LogP contribution in [0.4, 0.5) is 4.39 Å². The van der Waals surface area contributed by atoms with E-state index in [0.29, 0.717) is 22.6 Å². The van der Waals surface area contributed by atoms with Crippen LogP contribution in [0.3, 0.4) is 0 Å². The van der Waals surface area contributed by atoms with Gasteiger partial charge in [-0.25, -0.2) is 4.39 Å². The number of fused-ring (bicyclic) bond motifs is 1. The maximum Gasteiger partial charge on any atom is 0.231 e. The molecule has 3 nitrogen and oxygen atoms in total. The Labute approximate surface area is 103 Å². The summed E-state index contributed by atoms with van der Waals surface area (Å²) in [6, 6.07) is 10.4. The zero-order valence-corrected chi connectivity index (χ0v) is 9.35. The van der Waals surface area contributed by atoms with E-state index < -0.39 is 0 Å². The second-order valence-electron chi connectivity index (χ2n) is 3.90. The molecule has 3 rings (SSSR count). The lowest BCUT2D eigenvalue weighted by atomic mass is 10.0. The zero-order valence-electron chi connectivity index (χ0n) is 9.35. The molecule has 0 amide bonds. The minimum Gasteiger partial charge on any atom is -0.454 e. The molecule has 2 aromatic rings. The smallest absolute Gasteiger partial charge is 0.231 e. The zero-order chi connectivity index (χ0) is 12.5. The number of benzene rings is 2. The van der Waals surface area contributed by atoms with E-state index in [1.165, 1.54) is 24.3 Å². The Morgan fingerprint density at radius 3 is 2.39 bits per heavy atom. The lowest BCUT2D eigenvalue weighted by molar-refractivity contribution is 0.103. The number of carbonyl (C=O) groups excluding carboxylic acids is 1. The summed E-state index contributed by atoms with van der Waals surface area (Å²) in [5.74, 6) is 0.652. The Morgan fingerprint density at radius 2 is 1.61 bits per heavy atom. The Bertz CT molecular complexity index is 605. The molecular formula is C14H9FO3. The molecule has 0 aliphatic carbocycles. The molecule has 0 aromatic heterocycles. The first-order chi connectivity index (χ1) is 8.74. The van der Waals surface area contributed by atoms with Crippen molar-refractivity contribution in [1.82, 2.24) is 0 Å². The summed E-state index contributed by atoms with van der Waals surface area (Å²) in [4.78, 5) is 12.1. The van der Waals surface area contributed by atoms with Gasteiger partial charge in [0.1, 0.15) is 5.82 Å². The molecule has 0 atom stereocenters. The Morgan fingerprint density at radius 1 is 0.944 bits per heavy atom. The van der Waals surface area contributed by atoms with Crippen molar-refractivity contribution >= 4 is 5.78 Å².